The smallest absolute Gasteiger partial charge is 0.308 e. The number of hydrogen-bond donors (Lipinski definition) is 1. The summed E-state index contributed by atoms with van der Waals surface area (Å²) in [6, 6.07) is 0. The Balaban J connectivity index is 2.26. The highest BCUT2D eigenvalue weighted by atomic mass is 16.5. The first-order valence-corrected chi connectivity index (χ1v) is 6.90. The third-order valence-corrected chi connectivity index (χ3v) is 3.36. The van der Waals surface area contributed by atoms with E-state index in [1.54, 1.807) is 0 Å². The van der Waals surface area contributed by atoms with Gasteiger partial charge in [0.05, 0.1) is 19.6 Å². The first-order chi connectivity index (χ1) is 8.43. The Hall–Kier alpha value is -0.610. The minimum atomic E-state index is -0.151. The lowest BCUT2D eigenvalue weighted by Crippen LogP contribution is -2.34. The molecule has 2 atom stereocenters. The lowest BCUT2D eigenvalue weighted by molar-refractivity contribution is -0.154. The highest BCUT2D eigenvalue weighted by molar-refractivity contribution is 5.69. The van der Waals surface area contributed by atoms with Gasteiger partial charge in [-0.15, -0.1) is 0 Å². The molecular weight excluding hydrogens is 230 g/mol. The van der Waals surface area contributed by atoms with Gasteiger partial charge in [0.15, 0.2) is 0 Å². The van der Waals surface area contributed by atoms with E-state index in [2.05, 4.69) is 20.8 Å². The largest absolute Gasteiger partial charge is 0.462 e. The number of nitrogens with two attached hydrogens (primary N) is 1. The molecule has 0 heterocycles. The molecule has 106 valence electrons. The monoisotopic (exact) mass is 257 g/mol. The van der Waals surface area contributed by atoms with Crippen molar-refractivity contribution in [2.45, 2.75) is 52.6 Å². The molecule has 0 aromatic carbocycles. The molecule has 1 aliphatic rings. The third-order valence-electron chi connectivity index (χ3n) is 3.36. The summed E-state index contributed by atoms with van der Waals surface area (Å²) in [7, 11) is 0. The van der Waals surface area contributed by atoms with E-state index in [0.29, 0.717) is 32.1 Å². The molecule has 0 amide bonds. The van der Waals surface area contributed by atoms with E-state index in [-0.39, 0.29) is 17.5 Å². The number of esters is 1. The molecule has 2 N–H and O–H groups in total. The molecule has 2 unspecified atom stereocenters. The molecule has 4 heteroatoms. The van der Waals surface area contributed by atoms with E-state index in [1.165, 1.54) is 6.42 Å². The predicted octanol–water partition coefficient (Wildman–Crippen LogP) is 2.11. The van der Waals surface area contributed by atoms with Crippen molar-refractivity contribution < 1.29 is 14.3 Å². The third kappa shape index (κ3) is 5.83. The number of rotatable bonds is 6. The van der Waals surface area contributed by atoms with Crippen molar-refractivity contribution in [1.29, 1.82) is 0 Å². The van der Waals surface area contributed by atoms with Gasteiger partial charge >= 0.3 is 5.97 Å². The van der Waals surface area contributed by atoms with E-state index in [4.69, 9.17) is 15.2 Å². The highest BCUT2D eigenvalue weighted by Gasteiger charge is 2.33. The number of hydrogen-bond acceptors (Lipinski definition) is 4. The summed E-state index contributed by atoms with van der Waals surface area (Å²) in [5.74, 6) is 0.474. The molecule has 0 aromatic rings. The highest BCUT2D eigenvalue weighted by Crippen LogP contribution is 2.39. The van der Waals surface area contributed by atoms with Crippen LogP contribution < -0.4 is 5.73 Å². The summed E-state index contributed by atoms with van der Waals surface area (Å²) in [4.78, 5) is 11.7. The Kier molecular flexibility index (Phi) is 6.09. The van der Waals surface area contributed by atoms with Crippen LogP contribution in [0.3, 0.4) is 0 Å². The summed E-state index contributed by atoms with van der Waals surface area (Å²) in [6.45, 7) is 8.11. The van der Waals surface area contributed by atoms with E-state index in [9.17, 15) is 4.79 Å². The second kappa shape index (κ2) is 7.10. The van der Waals surface area contributed by atoms with Crippen LogP contribution in [0.2, 0.25) is 0 Å². The first-order valence-electron chi connectivity index (χ1n) is 6.90. The fraction of sp³-hybridized carbons (Fsp3) is 0.929. The molecule has 1 rings (SSSR count). The Morgan fingerprint density at radius 3 is 2.67 bits per heavy atom. The summed E-state index contributed by atoms with van der Waals surface area (Å²) in [5, 5.41) is 0. The SMILES string of the molecule is CC1CC(OC(=O)CCOCCN)CC(C)(C)C1. The van der Waals surface area contributed by atoms with Crippen LogP contribution in [0.4, 0.5) is 0 Å². The summed E-state index contributed by atoms with van der Waals surface area (Å²) < 4.78 is 10.7. The van der Waals surface area contributed by atoms with Crippen LogP contribution >= 0.6 is 0 Å². The van der Waals surface area contributed by atoms with Crippen molar-refractivity contribution >= 4 is 5.97 Å². The maximum absolute atomic E-state index is 11.7. The molecule has 0 spiro atoms. The van der Waals surface area contributed by atoms with E-state index < -0.39 is 0 Å². The lowest BCUT2D eigenvalue weighted by atomic mass is 9.71. The molecule has 1 fully saturated rings. The van der Waals surface area contributed by atoms with Crippen LogP contribution in [-0.2, 0) is 14.3 Å². The van der Waals surface area contributed by atoms with Gasteiger partial charge in [-0.2, -0.15) is 0 Å². The number of carbonyl (C=O) groups is 1. The van der Waals surface area contributed by atoms with Gasteiger partial charge in [-0.1, -0.05) is 20.8 Å². The first kappa shape index (κ1) is 15.4. The molecule has 0 bridgehead atoms. The zero-order chi connectivity index (χ0) is 13.6. The second-order valence-electron chi connectivity index (χ2n) is 6.18. The topological polar surface area (TPSA) is 61.5 Å². The quantitative estimate of drug-likeness (QED) is 0.585. The average Bonchev–Trinajstić information content (AvgIpc) is 2.21. The van der Waals surface area contributed by atoms with Crippen molar-refractivity contribution in [2.75, 3.05) is 19.8 Å². The van der Waals surface area contributed by atoms with Crippen LogP contribution in [-0.4, -0.2) is 31.8 Å². The lowest BCUT2D eigenvalue weighted by Gasteiger charge is -2.38. The van der Waals surface area contributed by atoms with Gasteiger partial charge in [-0.3, -0.25) is 4.79 Å². The van der Waals surface area contributed by atoms with Crippen LogP contribution in [0.25, 0.3) is 0 Å². The molecular formula is C14H27NO3. The van der Waals surface area contributed by atoms with Gasteiger partial charge in [0.25, 0.3) is 0 Å². The van der Waals surface area contributed by atoms with Crippen LogP contribution in [0.15, 0.2) is 0 Å². The Morgan fingerprint density at radius 1 is 1.33 bits per heavy atom. The zero-order valence-corrected chi connectivity index (χ0v) is 11.9. The number of ether oxygens (including phenoxy) is 2. The van der Waals surface area contributed by atoms with E-state index in [0.717, 1.165) is 12.8 Å². The molecule has 0 aliphatic heterocycles. The van der Waals surface area contributed by atoms with E-state index >= 15 is 0 Å². The standard InChI is InChI=1S/C14H27NO3/c1-11-8-12(10-14(2,3)9-11)18-13(16)4-6-17-7-5-15/h11-12H,4-10,15H2,1-3H3. The summed E-state index contributed by atoms with van der Waals surface area (Å²) in [6.07, 6.45) is 3.56. The summed E-state index contributed by atoms with van der Waals surface area (Å²) in [5.41, 5.74) is 5.58. The zero-order valence-electron chi connectivity index (χ0n) is 11.9. The van der Waals surface area contributed by atoms with Crippen molar-refractivity contribution in [3.8, 4) is 0 Å². The molecule has 0 radical (unpaired) electrons. The number of carbonyl (C=O) groups excluding carboxylic acids is 1. The summed E-state index contributed by atoms with van der Waals surface area (Å²) >= 11 is 0. The maximum atomic E-state index is 11.7. The van der Waals surface area contributed by atoms with Crippen molar-refractivity contribution in [3.63, 3.8) is 0 Å². The molecule has 4 nitrogen and oxygen atoms in total. The fourth-order valence-electron chi connectivity index (χ4n) is 2.93. The van der Waals surface area contributed by atoms with Gasteiger partial charge in [0, 0.05) is 6.54 Å². The molecule has 1 aliphatic carbocycles. The van der Waals surface area contributed by atoms with Crippen LogP contribution in [0.5, 0.6) is 0 Å². The normalized spacial score (nSPS) is 26.9. The minimum absolute atomic E-state index is 0.0748. The second-order valence-corrected chi connectivity index (χ2v) is 6.18. The Morgan fingerprint density at radius 2 is 2.06 bits per heavy atom. The molecule has 0 saturated heterocycles. The fourth-order valence-corrected chi connectivity index (χ4v) is 2.93. The minimum Gasteiger partial charge on any atom is -0.462 e. The molecule has 0 aromatic heterocycles. The van der Waals surface area contributed by atoms with Crippen molar-refractivity contribution in [1.82, 2.24) is 0 Å². The average molecular weight is 257 g/mol. The van der Waals surface area contributed by atoms with Gasteiger partial charge in [0.2, 0.25) is 0 Å². The Labute approximate surface area is 110 Å². The van der Waals surface area contributed by atoms with Gasteiger partial charge in [0.1, 0.15) is 6.10 Å². The van der Waals surface area contributed by atoms with Crippen LogP contribution in [0, 0.1) is 11.3 Å². The van der Waals surface area contributed by atoms with Crippen LogP contribution in [0.1, 0.15) is 46.5 Å². The van der Waals surface area contributed by atoms with Crippen molar-refractivity contribution in [3.05, 3.63) is 0 Å². The van der Waals surface area contributed by atoms with Gasteiger partial charge < -0.3 is 15.2 Å². The maximum Gasteiger partial charge on any atom is 0.308 e. The van der Waals surface area contributed by atoms with Crippen molar-refractivity contribution in [2.24, 2.45) is 17.1 Å². The van der Waals surface area contributed by atoms with E-state index in [1.807, 2.05) is 0 Å². The van der Waals surface area contributed by atoms with Gasteiger partial charge in [-0.05, 0) is 30.6 Å². The predicted molar refractivity (Wildman–Crippen MR) is 71.2 cm³/mol. The molecule has 1 saturated carbocycles. The Bertz CT molecular complexity index is 266. The molecule has 18 heavy (non-hydrogen) atoms. The van der Waals surface area contributed by atoms with Gasteiger partial charge in [-0.25, -0.2) is 0 Å².